The van der Waals surface area contributed by atoms with Gasteiger partial charge >= 0.3 is 0 Å². The van der Waals surface area contributed by atoms with E-state index in [4.69, 9.17) is 9.47 Å². The molecular formula is C28H39FO10. The molecule has 0 bridgehead atoms. The summed E-state index contributed by atoms with van der Waals surface area (Å²) < 4.78 is 28.0. The normalized spacial score (nSPS) is 53.0. The summed E-state index contributed by atoms with van der Waals surface area (Å²) in [5.41, 5.74) is -5.84. The van der Waals surface area contributed by atoms with Crippen molar-refractivity contribution < 1.29 is 54.1 Å². The predicted molar refractivity (Wildman–Crippen MR) is 133 cm³/mol. The lowest BCUT2D eigenvalue weighted by atomic mass is 9.44. The number of carbonyl (C=O) groups excluding carboxylic acids is 2. The van der Waals surface area contributed by atoms with Crippen LogP contribution in [0.25, 0.3) is 0 Å². The zero-order valence-electron chi connectivity index (χ0n) is 22.4. The molecule has 4 fully saturated rings. The fraction of sp³-hybridized carbons (Fsp3) is 0.786. The third kappa shape index (κ3) is 3.74. The van der Waals surface area contributed by atoms with Gasteiger partial charge in [-0.2, -0.15) is 0 Å². The van der Waals surface area contributed by atoms with E-state index in [0.717, 1.165) is 0 Å². The first-order valence-corrected chi connectivity index (χ1v) is 13.7. The molecule has 0 aromatic heterocycles. The van der Waals surface area contributed by atoms with Gasteiger partial charge in [-0.25, -0.2) is 4.39 Å². The van der Waals surface area contributed by atoms with Gasteiger partial charge in [0.05, 0.1) is 12.7 Å². The molecule has 0 spiro atoms. The molecule has 0 aromatic rings. The molecule has 13 atom stereocenters. The number of alkyl halides is 1. The summed E-state index contributed by atoms with van der Waals surface area (Å²) in [4.78, 5) is 25.7. The number of aliphatic hydroxyl groups is 6. The molecule has 218 valence electrons. The fourth-order valence-electron chi connectivity index (χ4n) is 8.61. The van der Waals surface area contributed by atoms with Crippen LogP contribution in [-0.4, -0.2) is 103 Å². The first kappa shape index (κ1) is 28.9. The van der Waals surface area contributed by atoms with Gasteiger partial charge in [0.15, 0.2) is 23.5 Å². The number of carbonyl (C=O) groups is 2. The number of ketones is 2. The van der Waals surface area contributed by atoms with Crippen molar-refractivity contribution in [2.45, 2.75) is 94.5 Å². The lowest BCUT2D eigenvalue weighted by Gasteiger charge is -2.62. The molecule has 1 saturated heterocycles. The zero-order valence-corrected chi connectivity index (χ0v) is 22.4. The van der Waals surface area contributed by atoms with E-state index in [-0.39, 0.29) is 12.2 Å². The molecule has 6 N–H and O–H groups in total. The molecule has 11 heteroatoms. The summed E-state index contributed by atoms with van der Waals surface area (Å²) in [5.74, 6) is -2.69. The average molecular weight is 555 g/mol. The van der Waals surface area contributed by atoms with Crippen LogP contribution in [0.15, 0.2) is 23.8 Å². The van der Waals surface area contributed by atoms with E-state index in [1.165, 1.54) is 12.2 Å². The molecule has 39 heavy (non-hydrogen) atoms. The highest BCUT2D eigenvalue weighted by Crippen LogP contribution is 2.70. The second-order valence-corrected chi connectivity index (χ2v) is 12.6. The molecular weight excluding hydrogens is 515 g/mol. The predicted octanol–water partition coefficient (Wildman–Crippen LogP) is -0.280. The molecule has 0 aromatic carbocycles. The number of rotatable bonds is 5. The van der Waals surface area contributed by atoms with E-state index in [1.54, 1.807) is 26.8 Å². The van der Waals surface area contributed by atoms with Crippen LogP contribution in [-0.2, 0) is 19.1 Å². The minimum Gasteiger partial charge on any atom is -0.394 e. The topological polar surface area (TPSA) is 174 Å². The van der Waals surface area contributed by atoms with Gasteiger partial charge in [0.2, 0.25) is 0 Å². The molecule has 5 rings (SSSR count). The standard InChI is InChI=1S/C28H39FO10/c1-13-8-17-16-5-4-14-9-15(31)6-7-25(14,2)27(16,29)19(32)10-26(17,3)28(13,37)20(33)12-38-24-23(36)22(35)21(34)18(11-30)39-24/h6-7,9,13,16-19,21-24,30,32,34-37H,4-5,8,10-12H2,1-3H3/t13-,16+,17+,18-,19+,21-,22+,23-,24?,25+,26+,27+,28+/m1/s1. The summed E-state index contributed by atoms with van der Waals surface area (Å²) in [6, 6.07) is 0. The zero-order chi connectivity index (χ0) is 28.7. The molecule has 1 heterocycles. The van der Waals surface area contributed by atoms with Crippen molar-refractivity contribution in [1.82, 2.24) is 0 Å². The van der Waals surface area contributed by atoms with Crippen molar-refractivity contribution >= 4 is 11.6 Å². The summed E-state index contributed by atoms with van der Waals surface area (Å²) in [6.07, 6.45) is -3.99. The van der Waals surface area contributed by atoms with Gasteiger partial charge in [0.1, 0.15) is 36.6 Å². The third-order valence-corrected chi connectivity index (χ3v) is 10.9. The first-order chi connectivity index (χ1) is 18.2. The number of hydrogen-bond acceptors (Lipinski definition) is 10. The van der Waals surface area contributed by atoms with Gasteiger partial charge in [-0.3, -0.25) is 9.59 Å². The van der Waals surface area contributed by atoms with Gasteiger partial charge in [0, 0.05) is 16.7 Å². The highest BCUT2D eigenvalue weighted by Gasteiger charge is 2.75. The number of Topliss-reactive ketones (excluding diaryl/α,β-unsaturated/α-hetero) is 1. The van der Waals surface area contributed by atoms with Crippen molar-refractivity contribution in [2.75, 3.05) is 13.2 Å². The molecule has 3 saturated carbocycles. The van der Waals surface area contributed by atoms with E-state index in [1.807, 2.05) is 0 Å². The summed E-state index contributed by atoms with van der Waals surface area (Å²) in [7, 11) is 0. The minimum absolute atomic E-state index is 0.193. The van der Waals surface area contributed by atoms with Crippen LogP contribution >= 0.6 is 0 Å². The van der Waals surface area contributed by atoms with Crippen LogP contribution in [0.2, 0.25) is 0 Å². The van der Waals surface area contributed by atoms with Gasteiger partial charge in [-0.05, 0) is 56.6 Å². The second-order valence-electron chi connectivity index (χ2n) is 12.6. The average Bonchev–Trinajstić information content (AvgIpc) is 3.09. The van der Waals surface area contributed by atoms with Crippen LogP contribution in [0.3, 0.4) is 0 Å². The highest BCUT2D eigenvalue weighted by molar-refractivity contribution is 6.01. The van der Waals surface area contributed by atoms with Crippen LogP contribution in [0.4, 0.5) is 4.39 Å². The Balaban J connectivity index is 1.40. The van der Waals surface area contributed by atoms with E-state index >= 15 is 4.39 Å². The maximum atomic E-state index is 17.3. The Morgan fingerprint density at radius 3 is 2.51 bits per heavy atom. The van der Waals surface area contributed by atoms with Gasteiger partial charge < -0.3 is 40.1 Å². The van der Waals surface area contributed by atoms with Crippen molar-refractivity contribution in [2.24, 2.45) is 28.6 Å². The Morgan fingerprint density at radius 1 is 1.15 bits per heavy atom. The lowest BCUT2D eigenvalue weighted by molar-refractivity contribution is -0.300. The van der Waals surface area contributed by atoms with Crippen LogP contribution < -0.4 is 0 Å². The number of allylic oxidation sites excluding steroid dienone is 4. The summed E-state index contributed by atoms with van der Waals surface area (Å²) in [5, 5.41) is 63.1. The number of halogens is 1. The fourth-order valence-corrected chi connectivity index (χ4v) is 8.61. The molecule has 1 unspecified atom stereocenters. The van der Waals surface area contributed by atoms with Gasteiger partial charge in [-0.15, -0.1) is 0 Å². The van der Waals surface area contributed by atoms with Crippen molar-refractivity contribution in [3.05, 3.63) is 23.8 Å². The number of ether oxygens (including phenoxy) is 2. The quantitative estimate of drug-likeness (QED) is 0.265. The number of fused-ring (bicyclic) bond motifs is 5. The minimum atomic E-state index is -2.10. The largest absolute Gasteiger partial charge is 0.394 e. The first-order valence-electron chi connectivity index (χ1n) is 13.7. The highest BCUT2D eigenvalue weighted by atomic mass is 19.1. The van der Waals surface area contributed by atoms with Crippen LogP contribution in [0.5, 0.6) is 0 Å². The van der Waals surface area contributed by atoms with Gasteiger partial charge in [-0.1, -0.05) is 25.5 Å². The SMILES string of the molecule is C[C@@H]1C[C@H]2[C@@H]3CCC4=CC(=O)C=C[C@]4(C)[C@@]3(F)[C@@H](O)C[C@]2(C)[C@@]1(O)C(=O)COC1O[C@H](CO)[C@@H](O)[C@H](O)[C@H]1O. The smallest absolute Gasteiger partial charge is 0.190 e. The van der Waals surface area contributed by atoms with Crippen molar-refractivity contribution in [1.29, 1.82) is 0 Å². The van der Waals surface area contributed by atoms with Crippen LogP contribution in [0.1, 0.15) is 46.5 Å². The van der Waals surface area contributed by atoms with E-state index in [2.05, 4.69) is 0 Å². The van der Waals surface area contributed by atoms with Gasteiger partial charge in [0.25, 0.3) is 0 Å². The molecule has 10 nitrogen and oxygen atoms in total. The summed E-state index contributed by atoms with van der Waals surface area (Å²) in [6.45, 7) is 3.72. The molecule has 5 aliphatic rings. The lowest BCUT2D eigenvalue weighted by Crippen LogP contribution is -2.69. The monoisotopic (exact) mass is 554 g/mol. The van der Waals surface area contributed by atoms with Crippen molar-refractivity contribution in [3.8, 4) is 0 Å². The Labute approximate surface area is 226 Å². The Kier molecular flexibility index (Phi) is 7.04. The maximum Gasteiger partial charge on any atom is 0.190 e. The van der Waals surface area contributed by atoms with Crippen LogP contribution in [0, 0.1) is 28.6 Å². The number of aliphatic hydroxyl groups excluding tert-OH is 5. The number of hydrogen-bond donors (Lipinski definition) is 6. The Hall–Kier alpha value is -1.57. The molecule has 4 aliphatic carbocycles. The van der Waals surface area contributed by atoms with E-state index < -0.39 is 95.7 Å². The summed E-state index contributed by atoms with van der Waals surface area (Å²) >= 11 is 0. The van der Waals surface area contributed by atoms with E-state index in [9.17, 15) is 40.2 Å². The van der Waals surface area contributed by atoms with Crippen molar-refractivity contribution in [3.63, 3.8) is 0 Å². The third-order valence-electron chi connectivity index (χ3n) is 10.9. The molecule has 1 aliphatic heterocycles. The molecule has 0 radical (unpaired) electrons. The maximum absolute atomic E-state index is 17.3. The molecule has 0 amide bonds. The van der Waals surface area contributed by atoms with E-state index in [0.29, 0.717) is 24.8 Å². The Bertz CT molecular complexity index is 1090. The second kappa shape index (κ2) is 9.49. The Morgan fingerprint density at radius 2 is 1.85 bits per heavy atom.